The van der Waals surface area contributed by atoms with Crippen LogP contribution in [0, 0.1) is 0 Å². The summed E-state index contributed by atoms with van der Waals surface area (Å²) < 4.78 is 0. The number of rotatable bonds is 8. The molecule has 0 N–H and O–H groups in total. The van der Waals surface area contributed by atoms with E-state index in [9.17, 15) is 0 Å². The maximum atomic E-state index is 2.38. The van der Waals surface area contributed by atoms with Crippen molar-refractivity contribution in [1.29, 1.82) is 0 Å². The Balaban J connectivity index is 1.06. The number of para-hydroxylation sites is 1. The first-order chi connectivity index (χ1) is 25.8. The van der Waals surface area contributed by atoms with E-state index in [1.165, 1.54) is 43.8 Å². The van der Waals surface area contributed by atoms with Gasteiger partial charge in [-0.05, 0) is 105 Å². The molecule has 2 heteroatoms. The highest BCUT2D eigenvalue weighted by molar-refractivity contribution is 6.00. The van der Waals surface area contributed by atoms with Gasteiger partial charge >= 0.3 is 0 Å². The average molecular weight is 665 g/mol. The van der Waals surface area contributed by atoms with E-state index in [1.807, 2.05) is 0 Å². The maximum absolute atomic E-state index is 2.38. The van der Waals surface area contributed by atoms with Crippen molar-refractivity contribution in [3.63, 3.8) is 0 Å². The zero-order chi connectivity index (χ0) is 34.7. The first kappa shape index (κ1) is 31.1. The highest BCUT2D eigenvalue weighted by atomic mass is 15.1. The summed E-state index contributed by atoms with van der Waals surface area (Å²) in [4.78, 5) is 4.69. The van der Waals surface area contributed by atoms with E-state index in [0.29, 0.717) is 0 Å². The lowest BCUT2D eigenvalue weighted by atomic mass is 10.0. The molecule has 0 fully saturated rings. The zero-order valence-electron chi connectivity index (χ0n) is 28.7. The number of nitrogens with zero attached hydrogens (tertiary/aromatic N) is 2. The molecule has 0 unspecified atom stereocenters. The molecule has 9 aromatic carbocycles. The topological polar surface area (TPSA) is 6.48 Å². The summed E-state index contributed by atoms with van der Waals surface area (Å²) in [5, 5.41) is 4.89. The highest BCUT2D eigenvalue weighted by Gasteiger charge is 2.17. The summed E-state index contributed by atoms with van der Waals surface area (Å²) in [6, 6.07) is 78.2. The van der Waals surface area contributed by atoms with Gasteiger partial charge in [-0.1, -0.05) is 152 Å². The Morgan fingerprint density at radius 3 is 1.27 bits per heavy atom. The van der Waals surface area contributed by atoms with Crippen molar-refractivity contribution >= 4 is 55.7 Å². The Kier molecular flexibility index (Phi) is 8.24. The Labute approximate surface area is 305 Å². The van der Waals surface area contributed by atoms with E-state index < -0.39 is 0 Å². The van der Waals surface area contributed by atoms with Crippen LogP contribution in [0.1, 0.15) is 0 Å². The molecule has 0 aromatic heterocycles. The van der Waals surface area contributed by atoms with Crippen LogP contribution in [0.15, 0.2) is 218 Å². The summed E-state index contributed by atoms with van der Waals surface area (Å²) in [7, 11) is 0. The minimum absolute atomic E-state index is 1.11. The fourth-order valence-corrected chi connectivity index (χ4v) is 7.21. The van der Waals surface area contributed by atoms with Crippen LogP contribution in [0.5, 0.6) is 0 Å². The summed E-state index contributed by atoms with van der Waals surface area (Å²) in [5.41, 5.74) is 11.5. The van der Waals surface area contributed by atoms with Crippen LogP contribution in [0.4, 0.5) is 34.1 Å². The van der Waals surface area contributed by atoms with Gasteiger partial charge in [-0.3, -0.25) is 0 Å². The molecule has 0 heterocycles. The van der Waals surface area contributed by atoms with Crippen LogP contribution in [-0.4, -0.2) is 0 Å². The van der Waals surface area contributed by atoms with E-state index in [4.69, 9.17) is 0 Å². The molecule has 0 aliphatic rings. The van der Waals surface area contributed by atoms with Gasteiger partial charge in [0.25, 0.3) is 0 Å². The molecule has 0 radical (unpaired) electrons. The van der Waals surface area contributed by atoms with Gasteiger partial charge in [0, 0.05) is 33.8 Å². The standard InChI is InChI=1S/C50H36N2/c1-3-12-37(13-4-1)39-22-29-45(30-23-39)51(44-18-5-2-6-19-44)46-31-24-40(25-32-46)41-26-33-47(34-27-41)52(48-35-28-38-14-7-8-16-43(38)36-48)50-21-11-17-42-15-9-10-20-49(42)50/h1-36H. The molecule has 0 saturated heterocycles. The Bertz CT molecular complexity index is 2590. The minimum Gasteiger partial charge on any atom is -0.311 e. The fraction of sp³-hybridized carbons (Fsp3) is 0. The molecule has 0 amide bonds. The summed E-state index contributed by atoms with van der Waals surface area (Å²) in [5.74, 6) is 0. The first-order valence-corrected chi connectivity index (χ1v) is 17.8. The number of fused-ring (bicyclic) bond motifs is 2. The normalized spacial score (nSPS) is 11.1. The highest BCUT2D eigenvalue weighted by Crippen LogP contribution is 2.41. The van der Waals surface area contributed by atoms with Gasteiger partial charge in [-0.15, -0.1) is 0 Å². The third kappa shape index (κ3) is 6.08. The molecule has 0 spiro atoms. The zero-order valence-corrected chi connectivity index (χ0v) is 28.7. The van der Waals surface area contributed by atoms with E-state index in [1.54, 1.807) is 0 Å². The van der Waals surface area contributed by atoms with Crippen molar-refractivity contribution in [2.45, 2.75) is 0 Å². The molecule has 0 aliphatic heterocycles. The first-order valence-electron chi connectivity index (χ1n) is 17.8. The van der Waals surface area contributed by atoms with E-state index in [-0.39, 0.29) is 0 Å². The monoisotopic (exact) mass is 664 g/mol. The second kappa shape index (κ2) is 13.8. The lowest BCUT2D eigenvalue weighted by Crippen LogP contribution is -2.10. The third-order valence-corrected chi connectivity index (χ3v) is 9.83. The molecule has 9 rings (SSSR count). The van der Waals surface area contributed by atoms with Gasteiger partial charge in [-0.25, -0.2) is 0 Å². The number of benzene rings is 9. The smallest absolute Gasteiger partial charge is 0.0540 e. The van der Waals surface area contributed by atoms with Crippen molar-refractivity contribution in [2.24, 2.45) is 0 Å². The van der Waals surface area contributed by atoms with E-state index in [2.05, 4.69) is 228 Å². The molecular weight excluding hydrogens is 629 g/mol. The van der Waals surface area contributed by atoms with Crippen LogP contribution in [0.25, 0.3) is 43.8 Å². The van der Waals surface area contributed by atoms with Crippen molar-refractivity contribution in [1.82, 2.24) is 0 Å². The van der Waals surface area contributed by atoms with Crippen LogP contribution in [-0.2, 0) is 0 Å². The third-order valence-electron chi connectivity index (χ3n) is 9.83. The predicted molar refractivity (Wildman–Crippen MR) is 222 cm³/mol. The molecule has 0 bridgehead atoms. The summed E-state index contributed by atoms with van der Waals surface area (Å²) in [6.45, 7) is 0. The SMILES string of the molecule is c1ccc(-c2ccc(N(c3ccccc3)c3ccc(-c4ccc(N(c5ccc6ccccc6c5)c5cccc6ccccc56)cc4)cc3)cc2)cc1. The van der Waals surface area contributed by atoms with E-state index >= 15 is 0 Å². The minimum atomic E-state index is 1.11. The molecular formula is C50H36N2. The predicted octanol–water partition coefficient (Wildman–Crippen LogP) is 14.3. The number of hydrogen-bond donors (Lipinski definition) is 0. The van der Waals surface area contributed by atoms with Gasteiger partial charge in [0.15, 0.2) is 0 Å². The van der Waals surface area contributed by atoms with Crippen molar-refractivity contribution in [2.75, 3.05) is 9.80 Å². The van der Waals surface area contributed by atoms with Gasteiger partial charge in [0.2, 0.25) is 0 Å². The molecule has 0 aliphatic carbocycles. The second-order valence-electron chi connectivity index (χ2n) is 13.0. The molecule has 2 nitrogen and oxygen atoms in total. The van der Waals surface area contributed by atoms with Crippen LogP contribution < -0.4 is 9.80 Å². The van der Waals surface area contributed by atoms with Crippen LogP contribution >= 0.6 is 0 Å². The largest absolute Gasteiger partial charge is 0.311 e. The Morgan fingerprint density at radius 2 is 0.654 bits per heavy atom. The summed E-state index contributed by atoms with van der Waals surface area (Å²) >= 11 is 0. The van der Waals surface area contributed by atoms with Crippen molar-refractivity contribution < 1.29 is 0 Å². The summed E-state index contributed by atoms with van der Waals surface area (Å²) in [6.07, 6.45) is 0. The van der Waals surface area contributed by atoms with Gasteiger partial charge in [0.05, 0.1) is 5.69 Å². The molecule has 0 saturated carbocycles. The Hall–Kier alpha value is -6.90. The Morgan fingerprint density at radius 1 is 0.231 bits per heavy atom. The molecule has 0 atom stereocenters. The van der Waals surface area contributed by atoms with Gasteiger partial charge < -0.3 is 9.80 Å². The lowest BCUT2D eigenvalue weighted by Gasteiger charge is -2.27. The van der Waals surface area contributed by atoms with E-state index in [0.717, 1.165) is 34.1 Å². The number of hydrogen-bond acceptors (Lipinski definition) is 2. The van der Waals surface area contributed by atoms with Gasteiger partial charge in [-0.2, -0.15) is 0 Å². The second-order valence-corrected chi connectivity index (χ2v) is 13.0. The quantitative estimate of drug-likeness (QED) is 0.159. The molecule has 246 valence electrons. The van der Waals surface area contributed by atoms with Gasteiger partial charge in [0.1, 0.15) is 0 Å². The average Bonchev–Trinajstić information content (AvgIpc) is 3.23. The molecule has 9 aromatic rings. The van der Waals surface area contributed by atoms with Crippen molar-refractivity contribution in [3.8, 4) is 22.3 Å². The van der Waals surface area contributed by atoms with Crippen LogP contribution in [0.3, 0.4) is 0 Å². The maximum Gasteiger partial charge on any atom is 0.0540 e. The lowest BCUT2D eigenvalue weighted by molar-refractivity contribution is 1.28. The van der Waals surface area contributed by atoms with Crippen molar-refractivity contribution in [3.05, 3.63) is 218 Å². The van der Waals surface area contributed by atoms with Crippen LogP contribution in [0.2, 0.25) is 0 Å². The fourth-order valence-electron chi connectivity index (χ4n) is 7.21. The molecule has 52 heavy (non-hydrogen) atoms. The number of anilines is 6.